The van der Waals surface area contributed by atoms with Crippen LogP contribution >= 0.6 is 27.5 Å². The lowest BCUT2D eigenvalue weighted by atomic mass is 10.1. The molecule has 1 saturated heterocycles. The Morgan fingerprint density at radius 3 is 2.70 bits per heavy atom. The quantitative estimate of drug-likeness (QED) is 0.859. The van der Waals surface area contributed by atoms with Crippen molar-refractivity contribution in [2.75, 3.05) is 18.0 Å². The van der Waals surface area contributed by atoms with Crippen LogP contribution in [0.25, 0.3) is 0 Å². The zero-order valence-corrected chi connectivity index (χ0v) is 14.4. The van der Waals surface area contributed by atoms with E-state index in [2.05, 4.69) is 21.2 Å². The zero-order chi connectivity index (χ0) is 16.4. The van der Waals surface area contributed by atoms with E-state index in [9.17, 15) is 9.59 Å². The third kappa shape index (κ3) is 3.76. The van der Waals surface area contributed by atoms with Crippen molar-refractivity contribution in [2.24, 2.45) is 5.92 Å². The summed E-state index contributed by atoms with van der Waals surface area (Å²) < 4.78 is 5.71. The van der Waals surface area contributed by atoms with Crippen LogP contribution in [-0.4, -0.2) is 24.9 Å². The minimum absolute atomic E-state index is 0.0484. The largest absolute Gasteiger partial charge is 0.444 e. The van der Waals surface area contributed by atoms with Crippen LogP contribution in [0.3, 0.4) is 0 Å². The molecule has 1 atom stereocenters. The van der Waals surface area contributed by atoms with Gasteiger partial charge in [0.25, 0.3) is 5.91 Å². The molecule has 120 valence electrons. The summed E-state index contributed by atoms with van der Waals surface area (Å²) >= 11 is 9.02. The first-order chi connectivity index (χ1) is 11.0. The normalized spacial score (nSPS) is 17.6. The highest BCUT2D eigenvalue weighted by molar-refractivity contribution is 9.10. The fraction of sp³-hybridized carbons (Fsp3) is 0.250. The van der Waals surface area contributed by atoms with Crippen LogP contribution in [0.1, 0.15) is 17.0 Å². The van der Waals surface area contributed by atoms with Crippen LogP contribution in [0.15, 0.2) is 45.5 Å². The standard InChI is InChI=1S/C16H14BrClN2O3/c17-14-6-5-13(23-14)16(22)19-8-10-7-15(21)20(9-10)12-3-1-11(18)2-4-12/h1-6,10H,7-9H2,(H,19,22). The number of rotatable bonds is 4. The van der Waals surface area contributed by atoms with E-state index in [1.165, 1.54) is 0 Å². The van der Waals surface area contributed by atoms with Gasteiger partial charge < -0.3 is 14.6 Å². The van der Waals surface area contributed by atoms with Gasteiger partial charge in [0.15, 0.2) is 10.4 Å². The highest BCUT2D eigenvalue weighted by atomic mass is 79.9. The Labute approximate surface area is 146 Å². The number of furan rings is 1. The summed E-state index contributed by atoms with van der Waals surface area (Å²) in [5.74, 6) is 0.0803. The Kier molecular flexibility index (Phi) is 4.73. The number of benzene rings is 1. The third-order valence-electron chi connectivity index (χ3n) is 3.69. The Hall–Kier alpha value is -1.79. The van der Waals surface area contributed by atoms with Gasteiger partial charge in [0.05, 0.1) is 0 Å². The zero-order valence-electron chi connectivity index (χ0n) is 12.1. The van der Waals surface area contributed by atoms with Gasteiger partial charge >= 0.3 is 0 Å². The van der Waals surface area contributed by atoms with Crippen molar-refractivity contribution in [3.8, 4) is 0 Å². The molecule has 1 aliphatic heterocycles. The Morgan fingerprint density at radius 2 is 2.04 bits per heavy atom. The number of hydrogen-bond acceptors (Lipinski definition) is 3. The van der Waals surface area contributed by atoms with E-state index in [0.29, 0.717) is 29.2 Å². The molecule has 7 heteroatoms. The summed E-state index contributed by atoms with van der Waals surface area (Å²) in [7, 11) is 0. The van der Waals surface area contributed by atoms with Crippen molar-refractivity contribution < 1.29 is 14.0 Å². The minimum Gasteiger partial charge on any atom is -0.444 e. The lowest BCUT2D eigenvalue weighted by molar-refractivity contribution is -0.117. The number of carbonyl (C=O) groups is 2. The van der Waals surface area contributed by atoms with Gasteiger partial charge in [-0.3, -0.25) is 9.59 Å². The molecule has 1 unspecified atom stereocenters. The van der Waals surface area contributed by atoms with E-state index in [-0.39, 0.29) is 23.5 Å². The molecule has 0 radical (unpaired) electrons. The summed E-state index contributed by atoms with van der Waals surface area (Å²) in [4.78, 5) is 25.8. The number of carbonyl (C=O) groups excluding carboxylic acids is 2. The Bertz CT molecular complexity index is 729. The maximum absolute atomic E-state index is 12.1. The fourth-order valence-corrected chi connectivity index (χ4v) is 2.98. The summed E-state index contributed by atoms with van der Waals surface area (Å²) in [5.41, 5.74) is 0.822. The molecule has 5 nitrogen and oxygen atoms in total. The summed E-state index contributed by atoms with van der Waals surface area (Å²) in [6.45, 7) is 0.996. The number of nitrogens with zero attached hydrogens (tertiary/aromatic N) is 1. The molecule has 0 bridgehead atoms. The van der Waals surface area contributed by atoms with Crippen molar-refractivity contribution in [1.29, 1.82) is 0 Å². The predicted octanol–water partition coefficient (Wildman–Crippen LogP) is 3.48. The van der Waals surface area contributed by atoms with Gasteiger partial charge in [-0.05, 0) is 52.3 Å². The van der Waals surface area contributed by atoms with Crippen LogP contribution in [0.4, 0.5) is 5.69 Å². The van der Waals surface area contributed by atoms with E-state index in [0.717, 1.165) is 5.69 Å². The molecule has 2 amide bonds. The van der Waals surface area contributed by atoms with E-state index >= 15 is 0 Å². The van der Waals surface area contributed by atoms with E-state index in [1.807, 2.05) is 12.1 Å². The van der Waals surface area contributed by atoms with Gasteiger partial charge in [0.1, 0.15) is 0 Å². The van der Waals surface area contributed by atoms with Gasteiger partial charge in [-0.15, -0.1) is 0 Å². The summed E-state index contributed by atoms with van der Waals surface area (Å²) in [5, 5.41) is 3.44. The second-order valence-corrected chi connectivity index (χ2v) is 6.58. The molecular formula is C16H14BrClN2O3. The van der Waals surface area contributed by atoms with Crippen molar-refractivity contribution in [2.45, 2.75) is 6.42 Å². The van der Waals surface area contributed by atoms with Crippen LogP contribution < -0.4 is 10.2 Å². The third-order valence-corrected chi connectivity index (χ3v) is 4.37. The second-order valence-electron chi connectivity index (χ2n) is 5.36. The minimum atomic E-state index is -0.284. The maximum Gasteiger partial charge on any atom is 0.287 e. The van der Waals surface area contributed by atoms with Crippen LogP contribution in [0.2, 0.25) is 5.02 Å². The molecule has 1 aliphatic rings. The lowest BCUT2D eigenvalue weighted by Gasteiger charge is -2.17. The second kappa shape index (κ2) is 6.76. The molecule has 0 saturated carbocycles. The van der Waals surface area contributed by atoms with E-state index < -0.39 is 0 Å². The molecule has 1 fully saturated rings. The van der Waals surface area contributed by atoms with Crippen molar-refractivity contribution in [3.63, 3.8) is 0 Å². The predicted molar refractivity (Wildman–Crippen MR) is 90.7 cm³/mol. The topological polar surface area (TPSA) is 62.6 Å². The van der Waals surface area contributed by atoms with Crippen LogP contribution in [-0.2, 0) is 4.79 Å². The number of halogens is 2. The number of nitrogens with one attached hydrogen (secondary N) is 1. The first-order valence-electron chi connectivity index (χ1n) is 7.12. The van der Waals surface area contributed by atoms with Crippen LogP contribution in [0, 0.1) is 5.92 Å². The molecule has 0 aliphatic carbocycles. The maximum atomic E-state index is 12.1. The average molecular weight is 398 g/mol. The Balaban J connectivity index is 1.57. The highest BCUT2D eigenvalue weighted by Gasteiger charge is 2.30. The first kappa shape index (κ1) is 16.1. The molecule has 0 spiro atoms. The highest BCUT2D eigenvalue weighted by Crippen LogP contribution is 2.26. The fourth-order valence-electron chi connectivity index (χ4n) is 2.55. The van der Waals surface area contributed by atoms with Crippen molar-refractivity contribution >= 4 is 45.0 Å². The summed E-state index contributed by atoms with van der Waals surface area (Å²) in [6, 6.07) is 10.4. The van der Waals surface area contributed by atoms with Gasteiger partial charge in [-0.25, -0.2) is 0 Å². The molecule has 23 heavy (non-hydrogen) atoms. The number of amides is 2. The molecule has 3 rings (SSSR count). The number of anilines is 1. The molecule has 2 heterocycles. The van der Waals surface area contributed by atoms with Crippen LogP contribution in [0.5, 0.6) is 0 Å². The smallest absolute Gasteiger partial charge is 0.287 e. The van der Waals surface area contributed by atoms with Gasteiger partial charge in [-0.1, -0.05) is 11.6 Å². The SMILES string of the molecule is O=C(NCC1CC(=O)N(c2ccc(Cl)cc2)C1)c1ccc(Br)o1. The van der Waals surface area contributed by atoms with Crippen molar-refractivity contribution in [1.82, 2.24) is 5.32 Å². The molecule has 1 N–H and O–H groups in total. The molecular weight excluding hydrogens is 384 g/mol. The first-order valence-corrected chi connectivity index (χ1v) is 8.29. The molecule has 1 aromatic carbocycles. The lowest BCUT2D eigenvalue weighted by Crippen LogP contribution is -2.31. The average Bonchev–Trinajstić information content (AvgIpc) is 3.12. The van der Waals surface area contributed by atoms with Crippen molar-refractivity contribution in [3.05, 3.63) is 51.9 Å². The van der Waals surface area contributed by atoms with Gasteiger partial charge in [0.2, 0.25) is 5.91 Å². The molecule has 2 aromatic rings. The number of hydrogen-bond donors (Lipinski definition) is 1. The summed E-state index contributed by atoms with van der Waals surface area (Å²) in [6.07, 6.45) is 0.407. The monoisotopic (exact) mass is 396 g/mol. The van der Waals surface area contributed by atoms with Gasteiger partial charge in [0, 0.05) is 36.1 Å². The van der Waals surface area contributed by atoms with E-state index in [1.54, 1.807) is 29.2 Å². The van der Waals surface area contributed by atoms with Gasteiger partial charge in [-0.2, -0.15) is 0 Å². The van der Waals surface area contributed by atoms with E-state index in [4.69, 9.17) is 16.0 Å². The Morgan fingerprint density at radius 1 is 1.30 bits per heavy atom. The molecule has 1 aromatic heterocycles.